The highest BCUT2D eigenvalue weighted by Crippen LogP contribution is 2.19. The van der Waals surface area contributed by atoms with Crippen molar-refractivity contribution >= 4 is 41.3 Å². The highest BCUT2D eigenvalue weighted by atomic mass is 16.4. The fraction of sp³-hybridized carbons (Fsp3) is 0.639. The molecule has 0 aliphatic carbocycles. The van der Waals surface area contributed by atoms with Gasteiger partial charge in [-0.05, 0) is 94.5 Å². The van der Waals surface area contributed by atoms with E-state index in [1.807, 2.05) is 13.8 Å². The first-order chi connectivity index (χ1) is 25.1. The van der Waals surface area contributed by atoms with Crippen LogP contribution in [0.15, 0.2) is 24.3 Å². The average Bonchev–Trinajstić information content (AvgIpc) is 3.10. The molecule has 6 atom stereocenters. The summed E-state index contributed by atoms with van der Waals surface area (Å²) in [7, 11) is 0. The molecular weight excluding hydrogens is 688 g/mol. The number of phenolic OH excluding ortho intramolecular Hbond substituents is 1. The molecule has 1 heterocycles. The van der Waals surface area contributed by atoms with Crippen molar-refractivity contribution in [2.45, 2.75) is 115 Å². The average molecular weight is 747 g/mol. The molecule has 0 saturated carbocycles. The van der Waals surface area contributed by atoms with Crippen LogP contribution in [-0.4, -0.2) is 101 Å². The molecule has 2 rings (SSSR count). The molecule has 1 saturated heterocycles. The van der Waals surface area contributed by atoms with Gasteiger partial charge in [-0.1, -0.05) is 26.0 Å². The molecule has 0 unspecified atom stereocenters. The number of hydrogen-bond acceptors (Lipinski definition) is 11. The van der Waals surface area contributed by atoms with Gasteiger partial charge in [-0.2, -0.15) is 0 Å². The Balaban J connectivity index is 2.47. The van der Waals surface area contributed by atoms with E-state index >= 15 is 0 Å². The topological polar surface area (TPSA) is 298 Å². The van der Waals surface area contributed by atoms with Gasteiger partial charge < -0.3 is 54.0 Å². The summed E-state index contributed by atoms with van der Waals surface area (Å²) in [4.78, 5) is 93.0. The summed E-state index contributed by atoms with van der Waals surface area (Å²) in [6, 6.07) is -0.210. The van der Waals surface area contributed by atoms with Crippen molar-refractivity contribution in [3.63, 3.8) is 0 Å². The molecule has 1 aliphatic rings. The lowest BCUT2D eigenvalue weighted by Crippen LogP contribution is -2.58. The maximum atomic E-state index is 14.0. The van der Waals surface area contributed by atoms with Crippen molar-refractivity contribution in [3.05, 3.63) is 29.8 Å². The maximum absolute atomic E-state index is 14.0. The molecule has 1 aliphatic heterocycles. The molecule has 0 bridgehead atoms. The SMILES string of the molecule is CC(C)C[C@H](CC(=O)[C@H](Cc1ccc(O)cc1)NC(=O)[C@@H]1CC(=O)NCC[C@H](N)C(=O)N[C@@H](CCCCN)C(=O)N[C@@H](CCCCN)C(=O)N1)C(=O)O. The van der Waals surface area contributed by atoms with E-state index in [1.54, 1.807) is 12.1 Å². The molecule has 17 nitrogen and oxygen atoms in total. The molecule has 0 radical (unpaired) electrons. The number of nitrogens with two attached hydrogens (primary N) is 3. The molecule has 0 spiro atoms. The van der Waals surface area contributed by atoms with E-state index in [-0.39, 0.29) is 56.7 Å². The first-order valence-electron chi connectivity index (χ1n) is 18.3. The van der Waals surface area contributed by atoms with Gasteiger partial charge in [-0.25, -0.2) is 0 Å². The summed E-state index contributed by atoms with van der Waals surface area (Å²) in [6.07, 6.45) is 1.55. The van der Waals surface area contributed by atoms with E-state index in [9.17, 15) is 43.8 Å². The minimum Gasteiger partial charge on any atom is -0.508 e. The quantitative estimate of drug-likeness (QED) is 0.0816. The number of aromatic hydroxyl groups is 1. The van der Waals surface area contributed by atoms with Crippen LogP contribution in [0.2, 0.25) is 0 Å². The first kappa shape index (κ1) is 44.6. The summed E-state index contributed by atoms with van der Waals surface area (Å²) in [6.45, 7) is 4.29. The summed E-state index contributed by atoms with van der Waals surface area (Å²) in [5, 5.41) is 32.7. The van der Waals surface area contributed by atoms with Gasteiger partial charge in [0, 0.05) is 13.0 Å². The second kappa shape index (κ2) is 23.1. The van der Waals surface area contributed by atoms with Gasteiger partial charge in [0.2, 0.25) is 29.5 Å². The molecule has 1 aromatic rings. The van der Waals surface area contributed by atoms with E-state index in [4.69, 9.17) is 17.2 Å². The zero-order chi connectivity index (χ0) is 39.5. The fourth-order valence-corrected chi connectivity index (χ4v) is 5.92. The van der Waals surface area contributed by atoms with E-state index in [0.717, 1.165) is 0 Å². The number of Topliss-reactive ketones (excluding diaryl/α,β-unsaturated/α-hetero) is 1. The molecule has 13 N–H and O–H groups in total. The normalized spacial score (nSPS) is 21.5. The molecule has 1 aromatic carbocycles. The summed E-state index contributed by atoms with van der Waals surface area (Å²) >= 11 is 0. The van der Waals surface area contributed by atoms with E-state index in [0.29, 0.717) is 44.3 Å². The van der Waals surface area contributed by atoms with Crippen LogP contribution in [0.1, 0.15) is 83.6 Å². The van der Waals surface area contributed by atoms with Crippen LogP contribution in [0.4, 0.5) is 0 Å². The van der Waals surface area contributed by atoms with Gasteiger partial charge in [-0.3, -0.25) is 33.6 Å². The van der Waals surface area contributed by atoms with Crippen LogP contribution in [0.25, 0.3) is 0 Å². The van der Waals surface area contributed by atoms with Gasteiger partial charge in [0.05, 0.1) is 24.4 Å². The number of phenols is 1. The lowest BCUT2D eigenvalue weighted by Gasteiger charge is -2.27. The lowest BCUT2D eigenvalue weighted by atomic mass is 9.89. The van der Waals surface area contributed by atoms with Crippen LogP contribution in [0, 0.1) is 11.8 Å². The molecular formula is C36H58N8O9. The minimum absolute atomic E-state index is 0.00394. The summed E-state index contributed by atoms with van der Waals surface area (Å²) in [5.41, 5.74) is 17.9. The number of rotatable bonds is 18. The van der Waals surface area contributed by atoms with Crippen LogP contribution in [0.3, 0.4) is 0 Å². The monoisotopic (exact) mass is 746 g/mol. The van der Waals surface area contributed by atoms with Crippen LogP contribution in [-0.2, 0) is 40.0 Å². The number of carboxylic acids is 1. The van der Waals surface area contributed by atoms with Crippen molar-refractivity contribution < 1.29 is 43.8 Å². The molecule has 5 amide bonds. The number of carbonyl (C=O) groups excluding carboxylic acids is 6. The molecule has 53 heavy (non-hydrogen) atoms. The minimum atomic E-state index is -1.53. The Hall–Kier alpha value is -4.61. The number of ketones is 1. The molecule has 296 valence electrons. The third-order valence-corrected chi connectivity index (χ3v) is 8.93. The fourth-order valence-electron chi connectivity index (χ4n) is 5.92. The van der Waals surface area contributed by atoms with Crippen molar-refractivity contribution in [1.82, 2.24) is 26.6 Å². The van der Waals surface area contributed by atoms with E-state index < -0.39 is 83.8 Å². The molecule has 17 heteroatoms. The highest BCUT2D eigenvalue weighted by molar-refractivity contribution is 5.98. The number of carboxylic acid groups (broad SMARTS) is 1. The smallest absolute Gasteiger partial charge is 0.306 e. The van der Waals surface area contributed by atoms with Gasteiger partial charge in [0.1, 0.15) is 23.9 Å². The number of hydrogen-bond donors (Lipinski definition) is 10. The van der Waals surface area contributed by atoms with Crippen molar-refractivity contribution in [2.75, 3.05) is 19.6 Å². The highest BCUT2D eigenvalue weighted by Gasteiger charge is 2.34. The van der Waals surface area contributed by atoms with E-state index in [1.165, 1.54) is 12.1 Å². The number of nitrogens with one attached hydrogen (secondary N) is 5. The number of aliphatic carboxylic acids is 1. The second-order valence-corrected chi connectivity index (χ2v) is 14.0. The third kappa shape index (κ3) is 16.3. The van der Waals surface area contributed by atoms with Crippen LogP contribution in [0.5, 0.6) is 5.75 Å². The predicted molar refractivity (Wildman–Crippen MR) is 196 cm³/mol. The predicted octanol–water partition coefficient (Wildman–Crippen LogP) is -0.925. The van der Waals surface area contributed by atoms with Gasteiger partial charge in [0.15, 0.2) is 5.78 Å². The Kier molecular flexibility index (Phi) is 19.4. The second-order valence-electron chi connectivity index (χ2n) is 14.0. The zero-order valence-electron chi connectivity index (χ0n) is 30.7. The Labute approximate surface area is 310 Å². The first-order valence-corrected chi connectivity index (χ1v) is 18.3. The number of benzene rings is 1. The zero-order valence-corrected chi connectivity index (χ0v) is 30.7. The Morgan fingerprint density at radius 1 is 0.868 bits per heavy atom. The number of carbonyl (C=O) groups is 7. The number of amides is 5. The summed E-state index contributed by atoms with van der Waals surface area (Å²) in [5.74, 6) is -6.42. The third-order valence-electron chi connectivity index (χ3n) is 8.93. The summed E-state index contributed by atoms with van der Waals surface area (Å²) < 4.78 is 0. The maximum Gasteiger partial charge on any atom is 0.306 e. The van der Waals surface area contributed by atoms with Crippen LogP contribution < -0.4 is 43.8 Å². The Morgan fingerprint density at radius 3 is 1.98 bits per heavy atom. The van der Waals surface area contributed by atoms with Crippen molar-refractivity contribution in [2.24, 2.45) is 29.0 Å². The van der Waals surface area contributed by atoms with Gasteiger partial charge >= 0.3 is 5.97 Å². The molecule has 0 aromatic heterocycles. The number of unbranched alkanes of at least 4 members (excludes halogenated alkanes) is 2. The van der Waals surface area contributed by atoms with Crippen molar-refractivity contribution in [3.8, 4) is 5.75 Å². The Bertz CT molecular complexity index is 1390. The largest absolute Gasteiger partial charge is 0.508 e. The van der Waals surface area contributed by atoms with Gasteiger partial charge in [-0.15, -0.1) is 0 Å². The molecule has 1 fully saturated rings. The van der Waals surface area contributed by atoms with Crippen molar-refractivity contribution in [1.29, 1.82) is 0 Å². The van der Waals surface area contributed by atoms with Gasteiger partial charge in [0.25, 0.3) is 0 Å². The standard InChI is InChI=1S/C36H58N8O9/c1-21(2)17-23(36(52)53)19-30(46)28(18-22-9-11-24(45)12-10-22)43-35(51)29-20-31(47)40-16-13-25(39)32(48)41-26(7-3-5-14-37)33(49)42-27(34(50)44-29)8-4-6-15-38/h9-12,21,23,25-29,45H,3-8,13-20,37-39H2,1-2H3,(H,40,47)(H,41,48)(H,42,49)(H,43,51)(H,44,50)(H,52,53)/t23-,25+,26+,27+,28+,29+/m1/s1. The lowest BCUT2D eigenvalue weighted by molar-refractivity contribution is -0.144. The Morgan fingerprint density at radius 2 is 1.43 bits per heavy atom. The van der Waals surface area contributed by atoms with Crippen LogP contribution >= 0.6 is 0 Å². The van der Waals surface area contributed by atoms with E-state index in [2.05, 4.69) is 26.6 Å².